The average molecular weight is 422 g/mol. The van der Waals surface area contributed by atoms with E-state index in [0.717, 1.165) is 25.9 Å². The number of esters is 2. The molecule has 0 aromatic heterocycles. The van der Waals surface area contributed by atoms with Gasteiger partial charge in [0.1, 0.15) is 12.4 Å². The molecule has 8 nitrogen and oxygen atoms in total. The van der Waals surface area contributed by atoms with E-state index in [4.69, 9.17) is 18.9 Å². The highest BCUT2D eigenvalue weighted by Gasteiger charge is 2.32. The maximum Gasteiger partial charge on any atom is 0.355 e. The lowest BCUT2D eigenvalue weighted by molar-refractivity contribution is -0.140. The summed E-state index contributed by atoms with van der Waals surface area (Å²) in [5.41, 5.74) is 0.314. The molecule has 0 bridgehead atoms. The Hall–Kier alpha value is -2.65. The Kier molecular flexibility index (Phi) is 7.28. The van der Waals surface area contributed by atoms with Gasteiger partial charge in [-0.25, -0.2) is 14.0 Å². The number of hydrogen-bond acceptors (Lipinski definition) is 8. The van der Waals surface area contributed by atoms with Crippen LogP contribution in [0.2, 0.25) is 0 Å². The highest BCUT2D eigenvalue weighted by molar-refractivity contribution is 6.03. The Morgan fingerprint density at radius 1 is 1.17 bits per heavy atom. The van der Waals surface area contributed by atoms with Gasteiger partial charge in [-0.15, -0.1) is 0 Å². The Labute approximate surface area is 175 Å². The predicted molar refractivity (Wildman–Crippen MR) is 106 cm³/mol. The summed E-state index contributed by atoms with van der Waals surface area (Å²) < 4.78 is 35.4. The summed E-state index contributed by atoms with van der Waals surface area (Å²) in [7, 11) is 4.50. The van der Waals surface area contributed by atoms with Crippen molar-refractivity contribution in [2.75, 3.05) is 59.2 Å². The van der Waals surface area contributed by atoms with E-state index < -0.39 is 17.8 Å². The number of ether oxygens (including phenoxy) is 4. The molecule has 0 saturated carbocycles. The van der Waals surface area contributed by atoms with Crippen molar-refractivity contribution >= 4 is 17.6 Å². The number of rotatable bonds is 6. The molecular weight excluding hydrogens is 395 g/mol. The molecular formula is C21H27FN2O6. The third-order valence-electron chi connectivity index (χ3n) is 5.37. The molecule has 3 rings (SSSR count). The number of benzene rings is 1. The molecule has 0 unspecified atom stereocenters. The smallest absolute Gasteiger partial charge is 0.355 e. The third kappa shape index (κ3) is 4.91. The van der Waals surface area contributed by atoms with E-state index in [0.29, 0.717) is 18.2 Å². The maximum absolute atomic E-state index is 14.7. The van der Waals surface area contributed by atoms with Gasteiger partial charge in [-0.3, -0.25) is 0 Å². The molecule has 0 aliphatic carbocycles. The van der Waals surface area contributed by atoms with Crippen molar-refractivity contribution in [3.63, 3.8) is 0 Å². The molecule has 0 N–H and O–H groups in total. The van der Waals surface area contributed by atoms with Crippen LogP contribution in [0.25, 0.3) is 0 Å². The molecule has 0 radical (unpaired) electrons. The van der Waals surface area contributed by atoms with Crippen LogP contribution in [0.3, 0.4) is 0 Å². The van der Waals surface area contributed by atoms with Crippen LogP contribution in [0.1, 0.15) is 12.8 Å². The van der Waals surface area contributed by atoms with Gasteiger partial charge >= 0.3 is 11.9 Å². The first-order valence-corrected chi connectivity index (χ1v) is 9.80. The summed E-state index contributed by atoms with van der Waals surface area (Å²) in [5, 5.41) is 0. The van der Waals surface area contributed by atoms with Crippen LogP contribution >= 0.6 is 0 Å². The highest BCUT2D eigenvalue weighted by atomic mass is 19.1. The van der Waals surface area contributed by atoms with Gasteiger partial charge in [-0.2, -0.15) is 0 Å². The number of carbonyl (C=O) groups is 2. The Morgan fingerprint density at radius 2 is 1.87 bits per heavy atom. The van der Waals surface area contributed by atoms with Crippen LogP contribution in [-0.2, 0) is 23.8 Å². The van der Waals surface area contributed by atoms with Crippen LogP contribution in [0, 0.1) is 11.7 Å². The van der Waals surface area contributed by atoms with E-state index in [-0.39, 0.29) is 30.4 Å². The number of hydrogen-bond donors (Lipinski definition) is 0. The number of anilines is 1. The van der Waals surface area contributed by atoms with E-state index in [1.165, 1.54) is 31.3 Å². The van der Waals surface area contributed by atoms with Crippen LogP contribution < -0.4 is 9.64 Å². The molecule has 2 aliphatic rings. The van der Waals surface area contributed by atoms with Gasteiger partial charge in [0.25, 0.3) is 0 Å². The zero-order valence-electron chi connectivity index (χ0n) is 17.5. The first kappa shape index (κ1) is 22.0. The van der Waals surface area contributed by atoms with E-state index in [9.17, 15) is 14.0 Å². The van der Waals surface area contributed by atoms with Gasteiger partial charge in [0, 0.05) is 11.8 Å². The summed E-state index contributed by atoms with van der Waals surface area (Å²) in [5.74, 6) is -1.46. The summed E-state index contributed by atoms with van der Waals surface area (Å²) in [6, 6.07) is 4.37. The van der Waals surface area contributed by atoms with E-state index in [1.54, 1.807) is 6.07 Å². The molecule has 0 amide bonds. The number of piperidine rings is 1. The van der Waals surface area contributed by atoms with Crippen molar-refractivity contribution < 1.29 is 32.9 Å². The number of methoxy groups -OCH3 is 2. The average Bonchev–Trinajstić information content (AvgIpc) is 2.77. The van der Waals surface area contributed by atoms with Crippen molar-refractivity contribution in [3.8, 4) is 5.75 Å². The summed E-state index contributed by atoms with van der Waals surface area (Å²) in [4.78, 5) is 28.0. The lowest BCUT2D eigenvalue weighted by Crippen LogP contribution is -2.38. The zero-order valence-corrected chi connectivity index (χ0v) is 17.5. The minimum atomic E-state index is -0.735. The minimum Gasteiger partial charge on any atom is -0.490 e. The molecule has 0 atom stereocenters. The van der Waals surface area contributed by atoms with Gasteiger partial charge in [-0.1, -0.05) is 0 Å². The normalized spacial score (nSPS) is 18.3. The summed E-state index contributed by atoms with van der Waals surface area (Å²) in [6.07, 6.45) is 2.04. The summed E-state index contributed by atoms with van der Waals surface area (Å²) in [6.45, 7) is 2.33. The van der Waals surface area contributed by atoms with Crippen molar-refractivity contribution in [2.24, 2.45) is 5.92 Å². The van der Waals surface area contributed by atoms with E-state index >= 15 is 0 Å². The van der Waals surface area contributed by atoms with Gasteiger partial charge < -0.3 is 28.7 Å². The standard InChI is InChI=1S/C21H27FN2O6/c1-23-8-6-14(7-9-23)11-30-18-5-4-15(10-17(18)22)24-13-29-12-16(20(25)27-2)19(24)21(26)28-3/h4-5,10,14H,6-9,11-13H2,1-3H3. The predicted octanol–water partition coefficient (Wildman–Crippen LogP) is 1.94. The highest BCUT2D eigenvalue weighted by Crippen LogP contribution is 2.30. The second-order valence-electron chi connectivity index (χ2n) is 7.39. The SMILES string of the molecule is COC(=O)C1=C(C(=O)OC)N(c2ccc(OCC3CCN(C)CC3)c(F)c2)COC1. The van der Waals surface area contributed by atoms with Crippen LogP contribution in [-0.4, -0.2) is 71.1 Å². The fourth-order valence-corrected chi connectivity index (χ4v) is 3.56. The lowest BCUT2D eigenvalue weighted by Gasteiger charge is -2.31. The first-order chi connectivity index (χ1) is 14.4. The van der Waals surface area contributed by atoms with Crippen molar-refractivity contribution in [1.82, 2.24) is 4.90 Å². The second-order valence-corrected chi connectivity index (χ2v) is 7.39. The lowest BCUT2D eigenvalue weighted by atomic mass is 9.98. The Bertz CT molecular complexity index is 820. The van der Waals surface area contributed by atoms with Crippen LogP contribution in [0.4, 0.5) is 10.1 Å². The third-order valence-corrected chi connectivity index (χ3v) is 5.37. The van der Waals surface area contributed by atoms with E-state index in [2.05, 4.69) is 11.9 Å². The van der Waals surface area contributed by atoms with E-state index in [1.807, 2.05) is 0 Å². The topological polar surface area (TPSA) is 77.5 Å². The fraction of sp³-hybridized carbons (Fsp3) is 0.524. The first-order valence-electron chi connectivity index (χ1n) is 9.80. The maximum atomic E-state index is 14.7. The molecule has 2 aliphatic heterocycles. The molecule has 9 heteroatoms. The number of carbonyl (C=O) groups excluding carboxylic acids is 2. The van der Waals surface area contributed by atoms with Gasteiger partial charge in [0.15, 0.2) is 11.6 Å². The number of nitrogens with zero attached hydrogens (tertiary/aromatic N) is 2. The van der Waals surface area contributed by atoms with Crippen molar-refractivity contribution in [3.05, 3.63) is 35.3 Å². The van der Waals surface area contributed by atoms with Gasteiger partial charge in [0.2, 0.25) is 0 Å². The number of halogens is 1. The molecule has 1 aromatic carbocycles. The molecule has 1 saturated heterocycles. The zero-order chi connectivity index (χ0) is 21.7. The summed E-state index contributed by atoms with van der Waals surface area (Å²) >= 11 is 0. The number of likely N-dealkylation sites (tertiary alicyclic amines) is 1. The minimum absolute atomic E-state index is 0.0126. The quantitative estimate of drug-likeness (QED) is 0.644. The molecule has 0 spiro atoms. The molecule has 30 heavy (non-hydrogen) atoms. The fourth-order valence-electron chi connectivity index (χ4n) is 3.56. The Balaban J connectivity index is 1.78. The monoisotopic (exact) mass is 422 g/mol. The largest absolute Gasteiger partial charge is 0.490 e. The van der Waals surface area contributed by atoms with Crippen LogP contribution in [0.15, 0.2) is 29.5 Å². The van der Waals surface area contributed by atoms with Crippen molar-refractivity contribution in [2.45, 2.75) is 12.8 Å². The van der Waals surface area contributed by atoms with Crippen molar-refractivity contribution in [1.29, 1.82) is 0 Å². The molecule has 2 heterocycles. The second kappa shape index (κ2) is 9.90. The van der Waals surface area contributed by atoms with Crippen LogP contribution in [0.5, 0.6) is 5.75 Å². The molecule has 164 valence electrons. The Morgan fingerprint density at radius 3 is 2.50 bits per heavy atom. The molecule has 1 aromatic rings. The van der Waals surface area contributed by atoms with Gasteiger partial charge in [0.05, 0.1) is 33.0 Å². The molecule has 1 fully saturated rings. The van der Waals surface area contributed by atoms with Gasteiger partial charge in [-0.05, 0) is 51.0 Å².